The van der Waals surface area contributed by atoms with Crippen LogP contribution in [0.5, 0.6) is 0 Å². The zero-order chi connectivity index (χ0) is 13.8. The van der Waals surface area contributed by atoms with E-state index in [4.69, 9.17) is 0 Å². The summed E-state index contributed by atoms with van der Waals surface area (Å²) in [6.45, 7) is 0. The van der Waals surface area contributed by atoms with Crippen molar-refractivity contribution in [1.82, 2.24) is 0 Å². The molecule has 0 radical (unpaired) electrons. The number of carbonyl (C=O) groups excluding carboxylic acids is 1. The first kappa shape index (κ1) is 13.1. The molecule has 1 heteroatoms. The average Bonchev–Trinajstić information content (AvgIpc) is 2.47. The fourth-order valence-electron chi connectivity index (χ4n) is 2.82. The Bertz CT molecular complexity index is 525. The predicted octanol–water partition coefficient (Wildman–Crippen LogP) is 3.92. The van der Waals surface area contributed by atoms with E-state index in [0.717, 1.165) is 24.0 Å². The molecule has 4 aliphatic carbocycles. The molecule has 6 rings (SSSR count). The zero-order valence-electron chi connectivity index (χ0n) is 11.8. The molecule has 2 aromatic carbocycles. The minimum atomic E-state index is 0.292. The highest BCUT2D eigenvalue weighted by atomic mass is 16.1. The van der Waals surface area contributed by atoms with Crippen molar-refractivity contribution in [3.05, 3.63) is 70.8 Å². The minimum Gasteiger partial charge on any atom is -0.299 e. The Kier molecular flexibility index (Phi) is 3.96. The van der Waals surface area contributed by atoms with E-state index >= 15 is 0 Å². The fraction of sp³-hybridized carbons (Fsp3) is 0.316. The van der Waals surface area contributed by atoms with E-state index in [2.05, 4.69) is 48.5 Å². The van der Waals surface area contributed by atoms with Crippen LogP contribution in [0.3, 0.4) is 0 Å². The second-order valence-electron chi connectivity index (χ2n) is 5.73. The van der Waals surface area contributed by atoms with Crippen molar-refractivity contribution < 1.29 is 4.79 Å². The molecule has 20 heavy (non-hydrogen) atoms. The van der Waals surface area contributed by atoms with Crippen molar-refractivity contribution in [2.75, 3.05) is 0 Å². The number of rotatable bonds is 0. The summed E-state index contributed by atoms with van der Waals surface area (Å²) in [4.78, 5) is 12.1. The summed E-state index contributed by atoms with van der Waals surface area (Å²) in [7, 11) is 0. The molecule has 0 unspecified atom stereocenters. The summed E-state index contributed by atoms with van der Waals surface area (Å²) in [5.74, 6) is 0.292. The van der Waals surface area contributed by atoms with Gasteiger partial charge in [0.15, 0.2) is 0 Å². The molecule has 0 spiro atoms. The van der Waals surface area contributed by atoms with Crippen molar-refractivity contribution in [3.8, 4) is 0 Å². The van der Waals surface area contributed by atoms with E-state index in [-0.39, 0.29) is 0 Å². The van der Waals surface area contributed by atoms with Gasteiger partial charge in [-0.1, -0.05) is 48.5 Å². The first-order valence-electron chi connectivity index (χ1n) is 7.47. The van der Waals surface area contributed by atoms with Crippen LogP contribution in [0, 0.1) is 0 Å². The van der Waals surface area contributed by atoms with Gasteiger partial charge in [-0.3, -0.25) is 4.79 Å². The zero-order valence-corrected chi connectivity index (χ0v) is 11.8. The van der Waals surface area contributed by atoms with Crippen molar-refractivity contribution >= 4 is 5.78 Å². The quantitative estimate of drug-likeness (QED) is 0.705. The van der Waals surface area contributed by atoms with E-state index < -0.39 is 0 Å². The molecule has 4 aliphatic rings. The Labute approximate surface area is 120 Å². The molecule has 0 heterocycles. The minimum absolute atomic E-state index is 0.292. The van der Waals surface area contributed by atoms with Gasteiger partial charge >= 0.3 is 0 Å². The predicted molar refractivity (Wildman–Crippen MR) is 81.9 cm³/mol. The molecule has 1 nitrogen and oxygen atoms in total. The normalized spacial score (nSPS) is 15.9. The van der Waals surface area contributed by atoms with Gasteiger partial charge in [-0.15, -0.1) is 0 Å². The lowest BCUT2D eigenvalue weighted by atomic mass is 10.0. The molecule has 0 N–H and O–H groups in total. The van der Waals surface area contributed by atoms with Crippen LogP contribution < -0.4 is 0 Å². The van der Waals surface area contributed by atoms with E-state index in [1.165, 1.54) is 24.0 Å². The molecule has 2 aromatic rings. The van der Waals surface area contributed by atoms with Gasteiger partial charge in [-0.25, -0.2) is 0 Å². The third-order valence-electron chi connectivity index (χ3n) is 4.03. The number of ketones is 1. The van der Waals surface area contributed by atoms with E-state index in [9.17, 15) is 4.79 Å². The van der Waals surface area contributed by atoms with Gasteiger partial charge in [-0.05, 0) is 47.9 Å². The van der Waals surface area contributed by atoms with Crippen LogP contribution in [0.2, 0.25) is 0 Å². The van der Waals surface area contributed by atoms with Crippen LogP contribution in [0.25, 0.3) is 0 Å². The summed E-state index contributed by atoms with van der Waals surface area (Å²) in [6.07, 6.45) is 5.79. The summed E-state index contributed by atoms with van der Waals surface area (Å²) < 4.78 is 0. The Morgan fingerprint density at radius 1 is 0.550 bits per heavy atom. The summed E-state index contributed by atoms with van der Waals surface area (Å²) >= 11 is 0. The second kappa shape index (κ2) is 6.04. The molecule has 0 saturated heterocycles. The summed E-state index contributed by atoms with van der Waals surface area (Å²) in [6, 6.07) is 17.1. The molecular weight excluding hydrogens is 244 g/mol. The van der Waals surface area contributed by atoms with E-state index in [0.29, 0.717) is 18.6 Å². The van der Waals surface area contributed by atoms with Crippen molar-refractivity contribution in [2.45, 2.75) is 38.5 Å². The van der Waals surface area contributed by atoms with Gasteiger partial charge < -0.3 is 0 Å². The first-order valence-corrected chi connectivity index (χ1v) is 7.47. The molecule has 4 bridgehead atoms. The highest BCUT2D eigenvalue weighted by Gasteiger charge is 2.07. The Hall–Kier alpha value is -1.89. The highest BCUT2D eigenvalue weighted by Crippen LogP contribution is 2.14. The Morgan fingerprint density at radius 2 is 0.900 bits per heavy atom. The summed E-state index contributed by atoms with van der Waals surface area (Å²) in [5.41, 5.74) is 5.02. The van der Waals surface area contributed by atoms with Crippen LogP contribution in [0.4, 0.5) is 0 Å². The molecule has 0 amide bonds. The van der Waals surface area contributed by atoms with Crippen molar-refractivity contribution in [2.24, 2.45) is 0 Å². The number of benzene rings is 2. The Balaban J connectivity index is 1.84. The fourth-order valence-corrected chi connectivity index (χ4v) is 2.82. The van der Waals surface area contributed by atoms with Crippen LogP contribution in [0.15, 0.2) is 48.5 Å². The van der Waals surface area contributed by atoms with Crippen molar-refractivity contribution in [1.29, 1.82) is 0 Å². The molecule has 0 atom stereocenters. The molecule has 102 valence electrons. The molecule has 0 fully saturated rings. The largest absolute Gasteiger partial charge is 0.299 e. The average molecular weight is 264 g/mol. The highest BCUT2D eigenvalue weighted by molar-refractivity contribution is 5.83. The lowest BCUT2D eigenvalue weighted by molar-refractivity contribution is -0.117. The number of hydrogen-bond donors (Lipinski definition) is 0. The van der Waals surface area contributed by atoms with Crippen molar-refractivity contribution in [3.63, 3.8) is 0 Å². The topological polar surface area (TPSA) is 17.1 Å². The van der Waals surface area contributed by atoms with Gasteiger partial charge in [-0.2, -0.15) is 0 Å². The number of carbonyl (C=O) groups is 1. The second-order valence-corrected chi connectivity index (χ2v) is 5.73. The van der Waals surface area contributed by atoms with Crippen LogP contribution in [-0.2, 0) is 30.5 Å². The molecular formula is C19H20O. The first-order chi connectivity index (χ1) is 9.79. The lowest BCUT2D eigenvalue weighted by Gasteiger charge is -2.04. The SMILES string of the molecule is O=C1Cc2ccc(cc2)CCCCc2ccc(cc2)C1. The third kappa shape index (κ3) is 3.36. The monoisotopic (exact) mass is 264 g/mol. The van der Waals surface area contributed by atoms with Gasteiger partial charge in [0.2, 0.25) is 0 Å². The maximum Gasteiger partial charge on any atom is 0.141 e. The van der Waals surface area contributed by atoms with Gasteiger partial charge in [0.05, 0.1) is 0 Å². The van der Waals surface area contributed by atoms with E-state index in [1.54, 1.807) is 0 Å². The molecule has 0 saturated carbocycles. The maximum atomic E-state index is 12.1. The van der Waals surface area contributed by atoms with Crippen LogP contribution in [-0.4, -0.2) is 5.78 Å². The third-order valence-corrected chi connectivity index (χ3v) is 4.03. The smallest absolute Gasteiger partial charge is 0.141 e. The van der Waals surface area contributed by atoms with Crippen LogP contribution in [0.1, 0.15) is 35.1 Å². The van der Waals surface area contributed by atoms with Crippen LogP contribution >= 0.6 is 0 Å². The summed E-state index contributed by atoms with van der Waals surface area (Å²) in [5, 5.41) is 0. The number of hydrogen-bond acceptors (Lipinski definition) is 1. The number of aryl methyl sites for hydroxylation is 2. The van der Waals surface area contributed by atoms with Gasteiger partial charge in [0.25, 0.3) is 0 Å². The molecule has 0 aliphatic heterocycles. The maximum absolute atomic E-state index is 12.1. The van der Waals surface area contributed by atoms with Gasteiger partial charge in [0.1, 0.15) is 5.78 Å². The standard InChI is InChI=1S/C19H20O/c20-19-13-17-9-5-15(6-10-17)3-1-2-4-16-7-11-18(14-19)12-8-16/h5-12H,1-4,13-14H2. The Morgan fingerprint density at radius 3 is 1.30 bits per heavy atom. The number of Topliss-reactive ketones (excluding diaryl/α,β-unsaturated/α-hetero) is 1. The lowest BCUT2D eigenvalue weighted by Crippen LogP contribution is -2.06. The van der Waals surface area contributed by atoms with Gasteiger partial charge in [0, 0.05) is 12.8 Å². The van der Waals surface area contributed by atoms with E-state index in [1.807, 2.05) is 0 Å². The molecule has 0 aromatic heterocycles.